The number of hydrogen-bond donors (Lipinski definition) is 0. The molecule has 0 bridgehead atoms. The van der Waals surface area contributed by atoms with Crippen molar-refractivity contribution in [2.75, 3.05) is 7.05 Å². The molecule has 0 amide bonds. The summed E-state index contributed by atoms with van der Waals surface area (Å²) >= 11 is 0. The number of hydrogen-bond acceptors (Lipinski definition) is 1. The topological polar surface area (TPSA) is 12.4 Å². The molecule has 56 valence electrons. The van der Waals surface area contributed by atoms with Gasteiger partial charge < -0.3 is 0 Å². The quantitative estimate of drug-likeness (QED) is 0.315. The van der Waals surface area contributed by atoms with E-state index in [4.69, 9.17) is 0 Å². The molecule has 0 heterocycles. The fourth-order valence-electron chi connectivity index (χ4n) is 0.219. The Bertz CT molecular complexity index is 132. The molecule has 0 aromatic carbocycles. The zero-order valence-electron chi connectivity index (χ0n) is 6.80. The number of rotatable bonds is 2. The molecule has 1 heteroatoms. The van der Waals surface area contributed by atoms with Crippen LogP contribution in [-0.2, 0) is 0 Å². The third-order valence-corrected chi connectivity index (χ3v) is 0.557. The third kappa shape index (κ3) is 15.8. The molecule has 0 aliphatic rings. The molecule has 0 fully saturated rings. The lowest BCUT2D eigenvalue weighted by molar-refractivity contribution is 1.47. The van der Waals surface area contributed by atoms with Crippen molar-refractivity contribution >= 4 is 6.21 Å². The summed E-state index contributed by atoms with van der Waals surface area (Å²) in [6.07, 6.45) is 5.07. The van der Waals surface area contributed by atoms with Crippen molar-refractivity contribution in [1.82, 2.24) is 0 Å². The molecule has 0 aromatic rings. The molecule has 10 heavy (non-hydrogen) atoms. The maximum atomic E-state index is 3.71. The fourth-order valence-corrected chi connectivity index (χ4v) is 0.219. The first-order valence-electron chi connectivity index (χ1n) is 3.03. The van der Waals surface area contributed by atoms with Gasteiger partial charge in [0.25, 0.3) is 0 Å². The second-order valence-electron chi connectivity index (χ2n) is 1.57. The van der Waals surface area contributed by atoms with Gasteiger partial charge in [-0.1, -0.05) is 25.3 Å². The molecule has 0 N–H and O–H groups in total. The van der Waals surface area contributed by atoms with Gasteiger partial charge in [0.15, 0.2) is 0 Å². The Balaban J connectivity index is 0. The molecule has 0 aliphatic carbocycles. The smallest absolute Gasteiger partial charge is 0.0277 e. The van der Waals surface area contributed by atoms with E-state index in [-0.39, 0.29) is 0 Å². The summed E-state index contributed by atoms with van der Waals surface area (Å²) in [4.78, 5) is 3.71. The summed E-state index contributed by atoms with van der Waals surface area (Å²) < 4.78 is 0. The lowest BCUT2D eigenvalue weighted by Gasteiger charge is -1.79. The highest BCUT2D eigenvalue weighted by molar-refractivity contribution is 5.80. The molecule has 0 aromatic heterocycles. The first kappa shape index (κ1) is 11.7. The molecule has 0 rings (SSSR count). The number of nitrogens with zero attached hydrogens (tertiary/aromatic N) is 1. The van der Waals surface area contributed by atoms with E-state index in [1.807, 2.05) is 6.92 Å². The van der Waals surface area contributed by atoms with Gasteiger partial charge in [-0.25, -0.2) is 0 Å². The summed E-state index contributed by atoms with van der Waals surface area (Å²) in [6.45, 7) is 12.3. The van der Waals surface area contributed by atoms with Gasteiger partial charge in [0.1, 0.15) is 0 Å². The summed E-state index contributed by atoms with van der Waals surface area (Å²) in [5.41, 5.74) is 0.850. The molecular formula is C9H15N. The minimum atomic E-state index is 0.850. The zero-order valence-corrected chi connectivity index (χ0v) is 6.80. The van der Waals surface area contributed by atoms with Crippen LogP contribution in [0.4, 0.5) is 0 Å². The Labute approximate surface area is 63.5 Å². The highest BCUT2D eigenvalue weighted by Crippen LogP contribution is 1.81. The van der Waals surface area contributed by atoms with Crippen molar-refractivity contribution in [3.63, 3.8) is 0 Å². The summed E-state index contributed by atoms with van der Waals surface area (Å²) in [5, 5.41) is 0. The highest BCUT2D eigenvalue weighted by atomic mass is 14.6. The molecule has 0 radical (unpaired) electrons. The average Bonchev–Trinajstić information content (AvgIpc) is 1.90. The fraction of sp³-hybridized carbons (Fsp3) is 0.222. The lowest BCUT2D eigenvalue weighted by atomic mass is 10.3. The molecule has 0 atom stereocenters. The Morgan fingerprint density at radius 1 is 1.40 bits per heavy atom. The van der Waals surface area contributed by atoms with Gasteiger partial charge in [0.2, 0.25) is 0 Å². The number of allylic oxidation sites excluding steroid dienone is 3. The summed E-state index contributed by atoms with van der Waals surface area (Å²) in [6, 6.07) is 0. The minimum absolute atomic E-state index is 0.850. The third-order valence-electron chi connectivity index (χ3n) is 0.557. The molecular weight excluding hydrogens is 122 g/mol. The maximum Gasteiger partial charge on any atom is 0.0277 e. The molecule has 0 aliphatic heterocycles. The van der Waals surface area contributed by atoms with E-state index in [1.165, 1.54) is 0 Å². The second-order valence-corrected chi connectivity index (χ2v) is 1.57. The van der Waals surface area contributed by atoms with Crippen LogP contribution in [0, 0.1) is 0 Å². The van der Waals surface area contributed by atoms with Gasteiger partial charge in [-0.3, -0.25) is 4.99 Å². The lowest BCUT2D eigenvalue weighted by Crippen LogP contribution is -1.71. The largest absolute Gasteiger partial charge is 0.296 e. The average molecular weight is 137 g/mol. The Hall–Kier alpha value is -1.11. The van der Waals surface area contributed by atoms with Crippen LogP contribution in [0.15, 0.2) is 42.5 Å². The van der Waals surface area contributed by atoms with Crippen molar-refractivity contribution in [3.8, 4) is 0 Å². The van der Waals surface area contributed by atoms with Crippen LogP contribution in [0.5, 0.6) is 0 Å². The van der Waals surface area contributed by atoms with E-state index < -0.39 is 0 Å². The molecule has 0 saturated carbocycles. The van der Waals surface area contributed by atoms with Crippen LogP contribution in [-0.4, -0.2) is 13.3 Å². The van der Waals surface area contributed by atoms with Crippen LogP contribution in [0.1, 0.15) is 6.92 Å². The van der Waals surface area contributed by atoms with Crippen LogP contribution >= 0.6 is 0 Å². The first-order valence-corrected chi connectivity index (χ1v) is 3.03. The van der Waals surface area contributed by atoms with Crippen LogP contribution in [0.3, 0.4) is 0 Å². The van der Waals surface area contributed by atoms with Crippen LogP contribution in [0.25, 0.3) is 0 Å². The molecule has 0 unspecified atom stereocenters. The van der Waals surface area contributed by atoms with Gasteiger partial charge in [0, 0.05) is 13.3 Å². The zero-order chi connectivity index (χ0) is 8.41. The van der Waals surface area contributed by atoms with E-state index in [0.717, 1.165) is 5.57 Å². The van der Waals surface area contributed by atoms with Gasteiger partial charge in [-0.2, -0.15) is 0 Å². The van der Waals surface area contributed by atoms with Crippen molar-refractivity contribution in [3.05, 3.63) is 37.5 Å². The monoisotopic (exact) mass is 137 g/mol. The van der Waals surface area contributed by atoms with E-state index in [1.54, 1.807) is 25.4 Å². The van der Waals surface area contributed by atoms with Gasteiger partial charge in [0.05, 0.1) is 0 Å². The Kier molecular flexibility index (Phi) is 12.6. The molecule has 0 spiro atoms. The van der Waals surface area contributed by atoms with Crippen molar-refractivity contribution in [2.24, 2.45) is 4.99 Å². The minimum Gasteiger partial charge on any atom is -0.296 e. The van der Waals surface area contributed by atoms with Gasteiger partial charge in [-0.15, -0.1) is 6.58 Å². The van der Waals surface area contributed by atoms with Crippen LogP contribution < -0.4 is 0 Å². The van der Waals surface area contributed by atoms with Crippen molar-refractivity contribution in [2.45, 2.75) is 6.92 Å². The second kappa shape index (κ2) is 10.8. The van der Waals surface area contributed by atoms with Crippen LogP contribution in [0.2, 0.25) is 0 Å². The Morgan fingerprint density at radius 2 is 1.80 bits per heavy atom. The van der Waals surface area contributed by atoms with E-state index in [9.17, 15) is 0 Å². The molecule has 1 nitrogen and oxygen atoms in total. The Morgan fingerprint density at radius 3 is 1.90 bits per heavy atom. The summed E-state index contributed by atoms with van der Waals surface area (Å²) in [5.74, 6) is 0. The van der Waals surface area contributed by atoms with E-state index in [0.29, 0.717) is 0 Å². The molecule has 0 saturated heterocycles. The number of aliphatic imine (C=N–C) groups is 1. The van der Waals surface area contributed by atoms with Crippen molar-refractivity contribution < 1.29 is 0 Å². The predicted molar refractivity (Wildman–Crippen MR) is 49.6 cm³/mol. The highest BCUT2D eigenvalue weighted by Gasteiger charge is 1.70. The predicted octanol–water partition coefficient (Wildman–Crippen LogP) is 2.62. The van der Waals surface area contributed by atoms with Gasteiger partial charge >= 0.3 is 0 Å². The SMILES string of the molecule is C=CC.C=CC(=C)C=NC. The van der Waals surface area contributed by atoms with Gasteiger partial charge in [-0.05, 0) is 12.5 Å². The maximum absolute atomic E-state index is 3.71. The first-order chi connectivity index (χ1) is 4.72. The summed E-state index contributed by atoms with van der Waals surface area (Å²) in [7, 11) is 1.70. The van der Waals surface area contributed by atoms with E-state index in [2.05, 4.69) is 24.7 Å². The normalized spacial score (nSPS) is 7.80. The van der Waals surface area contributed by atoms with Crippen molar-refractivity contribution in [1.29, 1.82) is 0 Å². The standard InChI is InChI=1S/C6H9N.C3H6/c1-4-6(2)5-7-3;1-3-2/h4-5H,1-2H2,3H3;3H,1H2,2H3. The van der Waals surface area contributed by atoms with E-state index >= 15 is 0 Å².